The summed E-state index contributed by atoms with van der Waals surface area (Å²) in [5, 5.41) is 0. The molecule has 4 heteroatoms. The number of aryl methyl sites for hydroxylation is 2. The van der Waals surface area contributed by atoms with Crippen LogP contribution < -0.4 is 0 Å². The zero-order chi connectivity index (χ0) is 11.0. The monoisotopic (exact) mass is 268 g/mol. The van der Waals surface area contributed by atoms with E-state index < -0.39 is 0 Å². The normalized spacial score (nSPS) is 11.2. The summed E-state index contributed by atoms with van der Waals surface area (Å²) in [6.07, 6.45) is 2.02. The van der Waals surface area contributed by atoms with E-state index in [-0.39, 0.29) is 0 Å². The Labute approximate surface area is 97.2 Å². The van der Waals surface area contributed by atoms with Crippen molar-refractivity contribution in [1.82, 2.24) is 9.38 Å². The fraction of sp³-hybridized carbons (Fsp3) is 0.364. The molecule has 0 aromatic carbocycles. The summed E-state index contributed by atoms with van der Waals surface area (Å²) in [6.45, 7) is 4.65. The summed E-state index contributed by atoms with van der Waals surface area (Å²) in [7, 11) is 1.70. The van der Waals surface area contributed by atoms with Crippen molar-refractivity contribution >= 4 is 21.6 Å². The number of hydrogen-bond donors (Lipinski definition) is 0. The number of aromatic nitrogens is 2. The highest BCUT2D eigenvalue weighted by Gasteiger charge is 2.10. The minimum atomic E-state index is 0.586. The highest BCUT2D eigenvalue weighted by molar-refractivity contribution is 9.10. The zero-order valence-electron chi connectivity index (χ0n) is 9.04. The summed E-state index contributed by atoms with van der Waals surface area (Å²) in [5.41, 5.74) is 4.30. The van der Waals surface area contributed by atoms with E-state index in [2.05, 4.69) is 38.3 Å². The quantitative estimate of drug-likeness (QED) is 0.838. The van der Waals surface area contributed by atoms with Crippen LogP contribution in [0.15, 0.2) is 16.7 Å². The van der Waals surface area contributed by atoms with Crippen molar-refractivity contribution in [3.05, 3.63) is 33.7 Å². The lowest BCUT2D eigenvalue weighted by Crippen LogP contribution is -1.97. The maximum atomic E-state index is 5.18. The standard InChI is InChI=1S/C11H13BrN2O/c1-7-4-9(12)5-14-10(6-15-3)8(2)13-11(7)14/h4-5H,6H2,1-3H3. The molecule has 2 rings (SSSR count). The molecule has 0 atom stereocenters. The lowest BCUT2D eigenvalue weighted by atomic mass is 10.3. The van der Waals surface area contributed by atoms with Crippen LogP contribution in [0, 0.1) is 13.8 Å². The van der Waals surface area contributed by atoms with E-state index in [0.29, 0.717) is 6.61 Å². The maximum Gasteiger partial charge on any atom is 0.140 e. The molecule has 2 aromatic heterocycles. The van der Waals surface area contributed by atoms with Gasteiger partial charge in [-0.1, -0.05) is 0 Å². The molecule has 0 radical (unpaired) electrons. The second-order valence-corrected chi connectivity index (χ2v) is 4.53. The summed E-state index contributed by atoms with van der Waals surface area (Å²) < 4.78 is 8.32. The predicted octanol–water partition coefficient (Wildman–Crippen LogP) is 2.86. The molecule has 2 aromatic rings. The summed E-state index contributed by atoms with van der Waals surface area (Å²) in [6, 6.07) is 2.07. The van der Waals surface area contributed by atoms with Crippen molar-refractivity contribution in [3.8, 4) is 0 Å². The Morgan fingerprint density at radius 2 is 2.20 bits per heavy atom. The first-order chi connectivity index (χ1) is 7.13. The number of nitrogens with zero attached hydrogens (tertiary/aromatic N) is 2. The van der Waals surface area contributed by atoms with Crippen LogP contribution in [0.25, 0.3) is 5.65 Å². The molecule has 0 saturated heterocycles. The number of pyridine rings is 1. The maximum absolute atomic E-state index is 5.18. The van der Waals surface area contributed by atoms with Crippen LogP contribution in [0.4, 0.5) is 0 Å². The van der Waals surface area contributed by atoms with Crippen molar-refractivity contribution in [2.75, 3.05) is 7.11 Å². The van der Waals surface area contributed by atoms with Crippen LogP contribution in [0.1, 0.15) is 17.0 Å². The number of hydrogen-bond acceptors (Lipinski definition) is 2. The molecule has 0 spiro atoms. The number of methoxy groups -OCH3 is 1. The molecule has 0 aliphatic carbocycles. The van der Waals surface area contributed by atoms with Crippen LogP contribution in [-0.4, -0.2) is 16.5 Å². The van der Waals surface area contributed by atoms with E-state index in [1.165, 1.54) is 0 Å². The molecule has 0 bridgehead atoms. The topological polar surface area (TPSA) is 26.5 Å². The molecular weight excluding hydrogens is 256 g/mol. The van der Waals surface area contributed by atoms with Gasteiger partial charge in [0.15, 0.2) is 0 Å². The van der Waals surface area contributed by atoms with Gasteiger partial charge in [0.1, 0.15) is 5.65 Å². The van der Waals surface area contributed by atoms with Crippen molar-refractivity contribution in [1.29, 1.82) is 0 Å². The highest BCUT2D eigenvalue weighted by atomic mass is 79.9. The van der Waals surface area contributed by atoms with Crippen LogP contribution in [0.3, 0.4) is 0 Å². The van der Waals surface area contributed by atoms with Gasteiger partial charge >= 0.3 is 0 Å². The second-order valence-electron chi connectivity index (χ2n) is 3.61. The van der Waals surface area contributed by atoms with Crippen LogP contribution in [0.2, 0.25) is 0 Å². The highest BCUT2D eigenvalue weighted by Crippen LogP contribution is 2.20. The van der Waals surface area contributed by atoms with Crippen molar-refractivity contribution in [3.63, 3.8) is 0 Å². The number of halogens is 1. The third kappa shape index (κ3) is 1.79. The molecule has 0 unspecified atom stereocenters. The van der Waals surface area contributed by atoms with E-state index >= 15 is 0 Å². The molecule has 0 aliphatic rings. The first kappa shape index (κ1) is 10.6. The Balaban J connectivity index is 2.74. The van der Waals surface area contributed by atoms with Gasteiger partial charge in [-0.2, -0.15) is 0 Å². The van der Waals surface area contributed by atoms with Crippen molar-refractivity contribution < 1.29 is 4.74 Å². The SMILES string of the molecule is COCc1c(C)nc2c(C)cc(Br)cn12. The molecule has 0 N–H and O–H groups in total. The molecule has 3 nitrogen and oxygen atoms in total. The van der Waals surface area contributed by atoms with Crippen LogP contribution >= 0.6 is 15.9 Å². The fourth-order valence-electron chi connectivity index (χ4n) is 1.74. The van der Waals surface area contributed by atoms with E-state index in [9.17, 15) is 0 Å². The largest absolute Gasteiger partial charge is 0.378 e. The third-order valence-electron chi connectivity index (χ3n) is 2.45. The fourth-order valence-corrected chi connectivity index (χ4v) is 2.29. The Bertz CT molecular complexity index is 505. The lowest BCUT2D eigenvalue weighted by Gasteiger charge is -2.03. The van der Waals surface area contributed by atoms with Gasteiger partial charge in [-0.15, -0.1) is 0 Å². The van der Waals surface area contributed by atoms with E-state index in [1.54, 1.807) is 7.11 Å². The van der Waals surface area contributed by atoms with Gasteiger partial charge in [0.2, 0.25) is 0 Å². The van der Waals surface area contributed by atoms with Gasteiger partial charge in [0.05, 0.1) is 18.0 Å². The first-order valence-corrected chi connectivity index (χ1v) is 5.55. The number of rotatable bonds is 2. The van der Waals surface area contributed by atoms with Crippen molar-refractivity contribution in [2.45, 2.75) is 20.5 Å². The Morgan fingerprint density at radius 3 is 2.87 bits per heavy atom. The average molecular weight is 269 g/mol. The number of fused-ring (bicyclic) bond motifs is 1. The van der Waals surface area contributed by atoms with Gasteiger partial charge in [-0.3, -0.25) is 0 Å². The summed E-state index contributed by atoms with van der Waals surface area (Å²) in [4.78, 5) is 4.53. The Morgan fingerprint density at radius 1 is 1.47 bits per heavy atom. The third-order valence-corrected chi connectivity index (χ3v) is 2.88. The Kier molecular flexibility index (Phi) is 2.80. The number of ether oxygens (including phenoxy) is 1. The second kappa shape index (κ2) is 3.94. The van der Waals surface area contributed by atoms with Crippen molar-refractivity contribution in [2.24, 2.45) is 0 Å². The van der Waals surface area contributed by atoms with E-state index in [4.69, 9.17) is 4.74 Å². The summed E-state index contributed by atoms with van der Waals surface area (Å²) >= 11 is 3.49. The molecular formula is C11H13BrN2O. The van der Waals surface area contributed by atoms with Gasteiger partial charge < -0.3 is 9.14 Å². The molecule has 15 heavy (non-hydrogen) atoms. The van der Waals surface area contributed by atoms with Gasteiger partial charge in [-0.05, 0) is 41.4 Å². The smallest absolute Gasteiger partial charge is 0.140 e. The number of imidazole rings is 1. The Hall–Kier alpha value is -0.870. The van der Waals surface area contributed by atoms with Gasteiger partial charge in [0, 0.05) is 17.8 Å². The molecule has 0 amide bonds. The van der Waals surface area contributed by atoms with Crippen LogP contribution in [-0.2, 0) is 11.3 Å². The lowest BCUT2D eigenvalue weighted by molar-refractivity contribution is 0.180. The average Bonchev–Trinajstić information content (AvgIpc) is 2.46. The van der Waals surface area contributed by atoms with E-state index in [1.807, 2.05) is 13.1 Å². The van der Waals surface area contributed by atoms with Crippen LogP contribution in [0.5, 0.6) is 0 Å². The van der Waals surface area contributed by atoms with Gasteiger partial charge in [0.25, 0.3) is 0 Å². The molecule has 0 saturated carbocycles. The molecule has 2 heterocycles. The van der Waals surface area contributed by atoms with Gasteiger partial charge in [-0.25, -0.2) is 4.98 Å². The molecule has 80 valence electrons. The molecule has 0 aliphatic heterocycles. The predicted molar refractivity (Wildman–Crippen MR) is 63.1 cm³/mol. The minimum absolute atomic E-state index is 0.586. The first-order valence-electron chi connectivity index (χ1n) is 4.76. The molecule has 0 fully saturated rings. The summed E-state index contributed by atoms with van der Waals surface area (Å²) in [5.74, 6) is 0. The van der Waals surface area contributed by atoms with E-state index in [0.717, 1.165) is 27.1 Å². The zero-order valence-corrected chi connectivity index (χ0v) is 10.6. The minimum Gasteiger partial charge on any atom is -0.378 e.